The van der Waals surface area contributed by atoms with Crippen molar-refractivity contribution in [3.8, 4) is 0 Å². The molecule has 1 atom stereocenters. The summed E-state index contributed by atoms with van der Waals surface area (Å²) in [5, 5.41) is 0. The highest BCUT2D eigenvalue weighted by atomic mass is 79.9. The van der Waals surface area contributed by atoms with E-state index >= 15 is 0 Å². The quantitative estimate of drug-likeness (QED) is 0.378. The molecule has 134 valence electrons. The second kappa shape index (κ2) is 6.71. The number of ketones is 1. The fourth-order valence-corrected chi connectivity index (χ4v) is 4.44. The van der Waals surface area contributed by atoms with Crippen LogP contribution in [0.5, 0.6) is 0 Å². The number of Topliss-reactive ketones (excluding diaryl/α,β-unsaturated/α-hetero) is 1. The van der Waals surface area contributed by atoms with Gasteiger partial charge in [0.25, 0.3) is 0 Å². The molecule has 2 bridgehead atoms. The van der Waals surface area contributed by atoms with Crippen LogP contribution in [0.3, 0.4) is 0 Å². The number of halogens is 1. The smallest absolute Gasteiger partial charge is 0.306 e. The Morgan fingerprint density at radius 3 is 2.40 bits per heavy atom. The van der Waals surface area contributed by atoms with Crippen LogP contribution in [-0.2, 0) is 9.53 Å². The molecule has 0 spiro atoms. The van der Waals surface area contributed by atoms with Crippen molar-refractivity contribution in [2.24, 2.45) is 5.41 Å². The first kappa shape index (κ1) is 18.4. The third kappa shape index (κ3) is 3.74. The minimum Gasteiger partial charge on any atom is -0.469 e. The molecule has 25 heavy (non-hydrogen) atoms. The first-order chi connectivity index (χ1) is 11.7. The van der Waals surface area contributed by atoms with Gasteiger partial charge in [-0.05, 0) is 62.5 Å². The van der Waals surface area contributed by atoms with Crippen LogP contribution >= 0.6 is 15.9 Å². The summed E-state index contributed by atoms with van der Waals surface area (Å²) >= 11 is 3.44. The summed E-state index contributed by atoms with van der Waals surface area (Å²) in [7, 11) is 1.47. The lowest BCUT2D eigenvalue weighted by Crippen LogP contribution is -2.24. The highest BCUT2D eigenvalue weighted by Gasteiger charge is 2.42. The number of carbonyl (C=O) groups is 2. The number of carbonyl (C=O) groups excluding carboxylic acids is 2. The minimum absolute atomic E-state index is 0.0926. The Morgan fingerprint density at radius 1 is 1.16 bits per heavy atom. The summed E-state index contributed by atoms with van der Waals surface area (Å²) in [5.41, 5.74) is 4.96. The number of rotatable bonds is 5. The molecule has 1 fully saturated rings. The molecule has 2 aliphatic carbocycles. The van der Waals surface area contributed by atoms with Crippen molar-refractivity contribution >= 4 is 33.3 Å². The second-order valence-corrected chi connectivity index (χ2v) is 9.87. The van der Waals surface area contributed by atoms with E-state index in [1.54, 1.807) is 0 Å². The Bertz CT molecular complexity index is 725. The van der Waals surface area contributed by atoms with Gasteiger partial charge in [0, 0.05) is 5.56 Å². The molecule has 4 heteroatoms. The van der Waals surface area contributed by atoms with E-state index in [1.807, 2.05) is 26.0 Å². The number of fused-ring (bicyclic) bond motifs is 2. The Morgan fingerprint density at radius 2 is 1.80 bits per heavy atom. The first-order valence-corrected chi connectivity index (χ1v) is 9.65. The molecule has 0 aromatic heterocycles. The standard InChI is InChI=1S/C21H25BrO3/c1-20(2,22)19(24)15-6-4-14(5-7-15)17-9-11-21(13-18(23)25-3)10-8-16(17)12-21/h4-7H,8-13H2,1-3H3. The molecule has 0 heterocycles. The number of alkyl halides is 1. The van der Waals surface area contributed by atoms with E-state index in [2.05, 4.69) is 28.1 Å². The van der Waals surface area contributed by atoms with Gasteiger partial charge >= 0.3 is 5.97 Å². The van der Waals surface area contributed by atoms with Crippen molar-refractivity contribution < 1.29 is 14.3 Å². The van der Waals surface area contributed by atoms with E-state index < -0.39 is 4.32 Å². The average Bonchev–Trinajstić information content (AvgIpc) is 2.90. The summed E-state index contributed by atoms with van der Waals surface area (Å²) < 4.78 is 4.34. The van der Waals surface area contributed by atoms with E-state index in [1.165, 1.54) is 23.8 Å². The van der Waals surface area contributed by atoms with Crippen LogP contribution in [0.1, 0.15) is 68.3 Å². The topological polar surface area (TPSA) is 43.4 Å². The number of hydrogen-bond acceptors (Lipinski definition) is 3. The monoisotopic (exact) mass is 404 g/mol. The maximum absolute atomic E-state index is 12.4. The zero-order valence-electron chi connectivity index (χ0n) is 15.2. The molecule has 1 aromatic carbocycles. The predicted molar refractivity (Wildman–Crippen MR) is 103 cm³/mol. The molecule has 0 aliphatic heterocycles. The Labute approximate surface area is 158 Å². The summed E-state index contributed by atoms with van der Waals surface area (Å²) in [6, 6.07) is 8.00. The molecule has 0 saturated heterocycles. The number of methoxy groups -OCH3 is 1. The van der Waals surface area contributed by atoms with E-state index in [-0.39, 0.29) is 17.2 Å². The van der Waals surface area contributed by atoms with Crippen LogP contribution in [0.2, 0.25) is 0 Å². The van der Waals surface area contributed by atoms with Crippen LogP contribution in [0.4, 0.5) is 0 Å². The van der Waals surface area contributed by atoms with E-state index in [0.717, 1.165) is 37.7 Å². The van der Waals surface area contributed by atoms with Crippen LogP contribution in [0.25, 0.3) is 5.57 Å². The third-order valence-corrected chi connectivity index (χ3v) is 6.02. The molecule has 1 saturated carbocycles. The van der Waals surface area contributed by atoms with Crippen molar-refractivity contribution in [2.75, 3.05) is 7.11 Å². The van der Waals surface area contributed by atoms with Crippen molar-refractivity contribution in [2.45, 2.75) is 56.7 Å². The summed E-state index contributed by atoms with van der Waals surface area (Å²) in [4.78, 5) is 24.1. The number of ether oxygens (including phenoxy) is 1. The highest BCUT2D eigenvalue weighted by Crippen LogP contribution is 2.55. The fourth-order valence-electron chi connectivity index (χ4n) is 4.22. The molecule has 0 N–H and O–H groups in total. The fraction of sp³-hybridized carbons (Fsp3) is 0.524. The number of esters is 1. The van der Waals surface area contributed by atoms with E-state index in [9.17, 15) is 9.59 Å². The molecule has 3 rings (SSSR count). The SMILES string of the molecule is COC(=O)CC12CCC(=C(c3ccc(C(=O)C(C)(C)Br)cc3)CC1)C2. The molecule has 2 aliphatic rings. The third-order valence-electron chi connectivity index (χ3n) is 5.66. The average molecular weight is 405 g/mol. The highest BCUT2D eigenvalue weighted by molar-refractivity contribution is 9.10. The van der Waals surface area contributed by atoms with Gasteiger partial charge in [-0.15, -0.1) is 0 Å². The number of hydrogen-bond donors (Lipinski definition) is 0. The molecule has 0 amide bonds. The van der Waals surface area contributed by atoms with Gasteiger partial charge in [0.15, 0.2) is 5.78 Å². The zero-order chi connectivity index (χ0) is 18.2. The second-order valence-electron chi connectivity index (χ2n) is 7.89. The van der Waals surface area contributed by atoms with Crippen molar-refractivity contribution in [3.63, 3.8) is 0 Å². The lowest BCUT2D eigenvalue weighted by molar-refractivity contribution is -0.143. The lowest BCUT2D eigenvalue weighted by Gasteiger charge is -2.31. The van der Waals surface area contributed by atoms with Crippen molar-refractivity contribution in [3.05, 3.63) is 41.0 Å². The first-order valence-electron chi connectivity index (χ1n) is 8.86. The van der Waals surface area contributed by atoms with Gasteiger partial charge in [0.2, 0.25) is 0 Å². The molecule has 1 unspecified atom stereocenters. The normalized spacial score (nSPS) is 22.9. The van der Waals surface area contributed by atoms with Crippen LogP contribution in [0, 0.1) is 5.41 Å². The lowest BCUT2D eigenvalue weighted by atomic mass is 9.73. The van der Waals surface area contributed by atoms with Gasteiger partial charge < -0.3 is 4.74 Å². The maximum Gasteiger partial charge on any atom is 0.306 e. The predicted octanol–water partition coefficient (Wildman–Crippen LogP) is 5.32. The van der Waals surface area contributed by atoms with Crippen molar-refractivity contribution in [1.29, 1.82) is 0 Å². The summed E-state index contributed by atoms with van der Waals surface area (Å²) in [6.07, 6.45) is 5.73. The van der Waals surface area contributed by atoms with Gasteiger partial charge in [0.05, 0.1) is 17.9 Å². The minimum atomic E-state index is -0.541. The van der Waals surface area contributed by atoms with Crippen LogP contribution in [-0.4, -0.2) is 23.2 Å². The van der Waals surface area contributed by atoms with Crippen LogP contribution < -0.4 is 0 Å². The molecular formula is C21H25BrO3. The zero-order valence-corrected chi connectivity index (χ0v) is 16.7. The summed E-state index contributed by atoms with van der Waals surface area (Å²) in [5.74, 6) is 0.00302. The van der Waals surface area contributed by atoms with Gasteiger partial charge in [-0.25, -0.2) is 0 Å². The van der Waals surface area contributed by atoms with Crippen molar-refractivity contribution in [1.82, 2.24) is 0 Å². The Kier molecular flexibility index (Phi) is 4.93. The number of benzene rings is 1. The molecular weight excluding hydrogens is 380 g/mol. The molecule has 0 radical (unpaired) electrons. The maximum atomic E-state index is 12.4. The van der Waals surface area contributed by atoms with E-state index in [4.69, 9.17) is 4.74 Å². The van der Waals surface area contributed by atoms with Gasteiger partial charge in [-0.2, -0.15) is 0 Å². The van der Waals surface area contributed by atoms with Crippen LogP contribution in [0.15, 0.2) is 29.8 Å². The molecule has 1 aromatic rings. The van der Waals surface area contributed by atoms with Gasteiger partial charge in [-0.3, -0.25) is 9.59 Å². The number of allylic oxidation sites excluding steroid dienone is 2. The van der Waals surface area contributed by atoms with E-state index in [0.29, 0.717) is 6.42 Å². The van der Waals surface area contributed by atoms with Gasteiger partial charge in [-0.1, -0.05) is 45.8 Å². The van der Waals surface area contributed by atoms with Gasteiger partial charge in [0.1, 0.15) is 0 Å². The Hall–Kier alpha value is -1.42. The molecule has 3 nitrogen and oxygen atoms in total. The largest absolute Gasteiger partial charge is 0.469 e. The summed E-state index contributed by atoms with van der Waals surface area (Å²) in [6.45, 7) is 3.74. The Balaban J connectivity index is 1.80.